The maximum Gasteiger partial charge on any atom is 0.295 e. The molecule has 5 N–H and O–H groups in total. The number of aliphatic hydroxyl groups is 1. The number of fused-ring (bicyclic) bond motifs is 1. The minimum atomic E-state index is -4.88. The second-order valence-corrected chi connectivity index (χ2v) is 14.3. The van der Waals surface area contributed by atoms with Crippen molar-refractivity contribution >= 4 is 170 Å². The number of benzene rings is 5. The van der Waals surface area contributed by atoms with Gasteiger partial charge in [-0.05, 0) is 84.2 Å². The fourth-order valence-electron chi connectivity index (χ4n) is 4.35. The van der Waals surface area contributed by atoms with Gasteiger partial charge in [0.15, 0.2) is 0 Å². The number of azo groups is 2. The molecule has 23 heteroatoms. The number of nitrogens with zero attached hydrogens (tertiary/aromatic N) is 5. The Labute approximate surface area is 369 Å². The van der Waals surface area contributed by atoms with Crippen molar-refractivity contribution in [1.29, 1.82) is 0 Å². The smallest absolute Gasteiger partial charge is 0.295 e. The van der Waals surface area contributed by atoms with E-state index < -0.39 is 46.2 Å². The molecule has 5 rings (SSSR count). The number of rotatable bonds is 10. The molecule has 0 saturated heterocycles. The summed E-state index contributed by atoms with van der Waals surface area (Å²) in [4.78, 5) is 2.33. The molecule has 53 heavy (non-hydrogen) atoms. The van der Waals surface area contributed by atoms with Gasteiger partial charge < -0.3 is 15.2 Å². The molecule has 261 valence electrons. The number of amidine groups is 1. The molecular formula is C30H24N6Na3O11S3. The third-order valence-electron chi connectivity index (χ3n) is 6.64. The second kappa shape index (κ2) is 19.3. The Morgan fingerprint density at radius 3 is 1.74 bits per heavy atom. The van der Waals surface area contributed by atoms with Gasteiger partial charge in [-0.2, -0.15) is 50.7 Å². The predicted octanol–water partition coefficient (Wildman–Crippen LogP) is 5.93. The fourth-order valence-corrected chi connectivity index (χ4v) is 6.22. The Hall–Kier alpha value is -2.64. The Morgan fingerprint density at radius 2 is 1.15 bits per heavy atom. The molecule has 0 aliphatic heterocycles. The van der Waals surface area contributed by atoms with E-state index in [0.717, 1.165) is 12.1 Å². The zero-order valence-electron chi connectivity index (χ0n) is 28.3. The predicted molar refractivity (Wildman–Crippen MR) is 198 cm³/mol. The van der Waals surface area contributed by atoms with E-state index in [4.69, 9.17) is 4.74 Å². The average Bonchev–Trinajstić information content (AvgIpc) is 3.05. The summed E-state index contributed by atoms with van der Waals surface area (Å²) >= 11 is 0. The van der Waals surface area contributed by atoms with Crippen LogP contribution in [-0.2, 0) is 30.4 Å². The maximum atomic E-state index is 11.9. The summed E-state index contributed by atoms with van der Waals surface area (Å²) in [6, 6.07) is 21.2. The van der Waals surface area contributed by atoms with Gasteiger partial charge in [-0.15, -0.1) is 0 Å². The zero-order valence-corrected chi connectivity index (χ0v) is 36.8. The first-order valence-electron chi connectivity index (χ1n) is 13.8. The monoisotopic (exact) mass is 809 g/mol. The number of aliphatic imine (C=N–C) groups is 1. The molecule has 0 aliphatic rings. The van der Waals surface area contributed by atoms with E-state index in [2.05, 4.69) is 30.8 Å². The summed E-state index contributed by atoms with van der Waals surface area (Å²) in [6.07, 6.45) is 0. The molecule has 0 aromatic heterocycles. The third kappa shape index (κ3) is 12.7. The quantitative estimate of drug-likeness (QED) is 0.0361. The summed E-state index contributed by atoms with van der Waals surface area (Å²) in [7, 11) is -12.7. The van der Waals surface area contributed by atoms with Gasteiger partial charge >= 0.3 is 0 Å². The van der Waals surface area contributed by atoms with Gasteiger partial charge in [-0.25, -0.2) is 0 Å². The molecular weight excluding hydrogens is 786 g/mol. The van der Waals surface area contributed by atoms with E-state index in [1.807, 2.05) is 0 Å². The van der Waals surface area contributed by atoms with Gasteiger partial charge in [0.05, 0.1) is 39.7 Å². The van der Waals surface area contributed by atoms with Crippen molar-refractivity contribution < 1.29 is 48.8 Å². The molecule has 0 unspecified atom stereocenters. The first-order valence-corrected chi connectivity index (χ1v) is 18.1. The van der Waals surface area contributed by atoms with Crippen molar-refractivity contribution in [3.05, 3.63) is 97.1 Å². The van der Waals surface area contributed by atoms with Crippen LogP contribution in [0.25, 0.3) is 10.8 Å². The van der Waals surface area contributed by atoms with Crippen LogP contribution in [-0.4, -0.2) is 146 Å². The minimum absolute atomic E-state index is 0. The molecule has 0 spiro atoms. The largest absolute Gasteiger partial charge is 0.494 e. The molecule has 0 amide bonds. The first kappa shape index (κ1) is 46.5. The van der Waals surface area contributed by atoms with Crippen LogP contribution in [0.15, 0.2) is 137 Å². The zero-order chi connectivity index (χ0) is 36.3. The van der Waals surface area contributed by atoms with Crippen molar-refractivity contribution in [2.45, 2.75) is 14.7 Å². The number of nitrogens with one attached hydrogen (secondary N) is 1. The van der Waals surface area contributed by atoms with Crippen LogP contribution in [0, 0.1) is 0 Å². The van der Waals surface area contributed by atoms with Crippen molar-refractivity contribution in [3.8, 4) is 5.75 Å². The van der Waals surface area contributed by atoms with Crippen LogP contribution in [0.3, 0.4) is 0 Å². The number of aliphatic hydroxyl groups excluding tert-OH is 1. The minimum Gasteiger partial charge on any atom is -0.494 e. The van der Waals surface area contributed by atoms with Crippen molar-refractivity contribution in [2.24, 2.45) is 25.4 Å². The fraction of sp³-hybridized carbons (Fsp3) is 0.0333. The number of anilines is 1. The molecule has 5 aromatic rings. The topological polar surface area (TPSA) is 266 Å². The molecule has 0 saturated carbocycles. The van der Waals surface area contributed by atoms with Crippen molar-refractivity contribution in [2.75, 3.05) is 12.4 Å². The Kier molecular flexibility index (Phi) is 16.9. The van der Waals surface area contributed by atoms with Gasteiger partial charge in [-0.3, -0.25) is 13.7 Å². The average molecular weight is 810 g/mol. The van der Waals surface area contributed by atoms with E-state index in [1.54, 1.807) is 24.3 Å². The Bertz CT molecular complexity index is 2560. The van der Waals surface area contributed by atoms with E-state index in [1.165, 1.54) is 61.7 Å². The van der Waals surface area contributed by atoms with Crippen molar-refractivity contribution in [3.63, 3.8) is 0 Å². The molecule has 0 atom stereocenters. The van der Waals surface area contributed by atoms with Gasteiger partial charge in [0, 0.05) is 106 Å². The maximum absolute atomic E-state index is 11.9. The molecule has 3 radical (unpaired) electrons. The standard InChI is InChI=1S/C30H24N6O11S3.3Na/c1-47-28-16-23(36-34-21-3-2-4-24(14-21)48(38,39)40)11-12-27(28)32-30(37)31-19-7-9-20(10-8-19)33-35-22-6-5-18-13-25(49(41,42)43)17-29(26(18)15-22)50(44,45)46;;;/h2-17H,1H3,(H2,31,32,37)(H,38,39,40)(H,41,42,43)(H,44,45,46);;;. The summed E-state index contributed by atoms with van der Waals surface area (Å²) in [6.45, 7) is 0. The van der Waals surface area contributed by atoms with Crippen LogP contribution < -0.4 is 10.1 Å². The van der Waals surface area contributed by atoms with E-state index >= 15 is 0 Å². The van der Waals surface area contributed by atoms with Gasteiger partial charge in [0.1, 0.15) is 16.3 Å². The van der Waals surface area contributed by atoms with Gasteiger partial charge in [0.2, 0.25) is 0 Å². The molecule has 0 fully saturated rings. The molecule has 0 aliphatic carbocycles. The summed E-state index contributed by atoms with van der Waals surface area (Å²) in [5, 5.41) is 29.4. The van der Waals surface area contributed by atoms with Crippen LogP contribution in [0.2, 0.25) is 0 Å². The summed E-state index contributed by atoms with van der Waals surface area (Å²) < 4.78 is 103. The van der Waals surface area contributed by atoms with Gasteiger partial charge in [-0.1, -0.05) is 12.1 Å². The number of hydrogen-bond acceptors (Lipinski definition) is 12. The summed E-state index contributed by atoms with van der Waals surface area (Å²) in [5.41, 5.74) is 1.68. The SMILES string of the molecule is COc1cc(N=Nc2cccc(S(=O)(=O)O)c2)ccc1N=C(O)Nc1ccc(N=Nc2ccc3cc(S(=O)(=O)O)cc(S(=O)(=O)O)c3c2)cc1.[Na].[Na].[Na]. The molecule has 0 bridgehead atoms. The third-order valence-corrected chi connectivity index (χ3v) is 9.21. The van der Waals surface area contributed by atoms with Crippen LogP contribution >= 0.6 is 0 Å². The van der Waals surface area contributed by atoms with Crippen LogP contribution in [0.4, 0.5) is 34.1 Å². The van der Waals surface area contributed by atoms with Crippen LogP contribution in [0.1, 0.15) is 0 Å². The Balaban J connectivity index is 0.00000324. The second-order valence-electron chi connectivity index (χ2n) is 10.1. The summed E-state index contributed by atoms with van der Waals surface area (Å²) in [5.74, 6) is 0.230. The number of methoxy groups -OCH3 is 1. The normalized spacial score (nSPS) is 12.2. The first-order chi connectivity index (χ1) is 23.5. The van der Waals surface area contributed by atoms with Crippen LogP contribution in [0.5, 0.6) is 5.75 Å². The van der Waals surface area contributed by atoms with E-state index in [0.29, 0.717) is 23.1 Å². The van der Waals surface area contributed by atoms with Crippen molar-refractivity contribution in [1.82, 2.24) is 0 Å². The Morgan fingerprint density at radius 1 is 0.604 bits per heavy atom. The number of hydrogen-bond donors (Lipinski definition) is 5. The van der Waals surface area contributed by atoms with Gasteiger partial charge in [0.25, 0.3) is 36.4 Å². The molecule has 0 heterocycles. The van der Waals surface area contributed by atoms with E-state index in [-0.39, 0.29) is 127 Å². The molecule has 17 nitrogen and oxygen atoms in total. The van der Waals surface area contributed by atoms with E-state index in [9.17, 15) is 44.0 Å². The molecule has 5 aromatic carbocycles. The number of ether oxygens (including phenoxy) is 1.